The lowest BCUT2D eigenvalue weighted by Crippen LogP contribution is -2.19. The normalized spacial score (nSPS) is 23.9. The van der Waals surface area contributed by atoms with Crippen molar-refractivity contribution in [3.8, 4) is 0 Å². The molecule has 2 aliphatic heterocycles. The van der Waals surface area contributed by atoms with Gasteiger partial charge in [-0.2, -0.15) is 0 Å². The highest BCUT2D eigenvalue weighted by atomic mass is 16.6. The van der Waals surface area contributed by atoms with E-state index in [1.54, 1.807) is 0 Å². The maximum Gasteiger partial charge on any atom is 0.112 e. The van der Waals surface area contributed by atoms with E-state index in [-0.39, 0.29) is 37.6 Å². The van der Waals surface area contributed by atoms with Crippen LogP contribution >= 0.6 is 0 Å². The Morgan fingerprint density at radius 1 is 0.760 bits per heavy atom. The lowest BCUT2D eigenvalue weighted by molar-refractivity contribution is -0.0419. The van der Waals surface area contributed by atoms with Gasteiger partial charge in [-0.15, -0.1) is 0 Å². The third-order valence-electron chi connectivity index (χ3n) is 4.67. The Labute approximate surface area is 146 Å². The molecule has 0 bridgehead atoms. The van der Waals surface area contributed by atoms with Gasteiger partial charge < -0.3 is 24.4 Å². The summed E-state index contributed by atoms with van der Waals surface area (Å²) in [5, 5.41) is 18.4. The highest BCUT2D eigenvalue weighted by Crippen LogP contribution is 2.40. The number of epoxide rings is 2. The summed E-state index contributed by atoms with van der Waals surface area (Å²) in [5.74, 6) is 0. The average molecular weight is 342 g/mol. The van der Waals surface area contributed by atoms with E-state index in [0.29, 0.717) is 13.2 Å². The molecule has 0 saturated carbocycles. The maximum absolute atomic E-state index is 9.22. The molecule has 2 N–H and O–H groups in total. The summed E-state index contributed by atoms with van der Waals surface area (Å²) < 4.78 is 17.5. The highest BCUT2D eigenvalue weighted by Gasteiger charge is 2.42. The van der Waals surface area contributed by atoms with Crippen molar-refractivity contribution in [1.82, 2.24) is 0 Å². The molecule has 2 saturated heterocycles. The van der Waals surface area contributed by atoms with Crippen LogP contribution in [-0.2, 0) is 27.4 Å². The number of hydrogen-bond donors (Lipinski definition) is 2. The fraction of sp³-hybridized carbons (Fsp3) is 0.400. The summed E-state index contributed by atoms with van der Waals surface area (Å²) in [4.78, 5) is 0. The molecular formula is C20H22O5. The Hall–Kier alpha value is -1.76. The molecular weight excluding hydrogens is 320 g/mol. The molecule has 4 atom stereocenters. The van der Waals surface area contributed by atoms with E-state index >= 15 is 0 Å². The molecule has 2 aromatic carbocycles. The molecule has 0 radical (unpaired) electrons. The summed E-state index contributed by atoms with van der Waals surface area (Å²) in [6, 6.07) is 15.6. The second-order valence-corrected chi connectivity index (χ2v) is 6.52. The first kappa shape index (κ1) is 16.7. The van der Waals surface area contributed by atoms with Crippen LogP contribution in [0.15, 0.2) is 48.5 Å². The molecule has 0 amide bonds. The van der Waals surface area contributed by atoms with Gasteiger partial charge >= 0.3 is 0 Å². The van der Waals surface area contributed by atoms with Crippen LogP contribution in [0.1, 0.15) is 34.5 Å². The summed E-state index contributed by atoms with van der Waals surface area (Å²) in [6.45, 7) is 1.44. The molecule has 25 heavy (non-hydrogen) atoms. The van der Waals surface area contributed by atoms with Crippen LogP contribution in [0.2, 0.25) is 0 Å². The van der Waals surface area contributed by atoms with E-state index in [9.17, 15) is 10.2 Å². The van der Waals surface area contributed by atoms with Gasteiger partial charge in [0.1, 0.15) is 24.4 Å². The molecule has 4 unspecified atom stereocenters. The number of ether oxygens (including phenoxy) is 3. The van der Waals surface area contributed by atoms with Crippen LogP contribution in [0.25, 0.3) is 0 Å². The number of hydrogen-bond acceptors (Lipinski definition) is 5. The van der Waals surface area contributed by atoms with Gasteiger partial charge in [0.05, 0.1) is 26.4 Å². The predicted molar refractivity (Wildman–Crippen MR) is 90.8 cm³/mol. The second kappa shape index (κ2) is 7.23. The Morgan fingerprint density at radius 2 is 1.12 bits per heavy atom. The topological polar surface area (TPSA) is 74.8 Å². The van der Waals surface area contributed by atoms with E-state index in [1.807, 2.05) is 48.5 Å². The SMILES string of the molecule is OCc1ccc(C(OC(c2ccc(CO)cc2)C2CO2)C2CO2)cc1. The Balaban J connectivity index is 1.55. The molecule has 2 fully saturated rings. The van der Waals surface area contributed by atoms with E-state index in [4.69, 9.17) is 14.2 Å². The van der Waals surface area contributed by atoms with Gasteiger partial charge in [0.15, 0.2) is 0 Å². The van der Waals surface area contributed by atoms with Crippen molar-refractivity contribution in [1.29, 1.82) is 0 Å². The molecule has 0 aromatic heterocycles. The minimum absolute atomic E-state index is 0.0292. The Kier molecular flexibility index (Phi) is 4.83. The first-order valence-corrected chi connectivity index (χ1v) is 8.56. The molecule has 4 rings (SSSR count). The Morgan fingerprint density at radius 3 is 1.40 bits per heavy atom. The van der Waals surface area contributed by atoms with Crippen molar-refractivity contribution in [2.75, 3.05) is 13.2 Å². The zero-order valence-electron chi connectivity index (χ0n) is 13.9. The third-order valence-corrected chi connectivity index (χ3v) is 4.67. The third kappa shape index (κ3) is 3.92. The van der Waals surface area contributed by atoms with Crippen LogP contribution in [0.4, 0.5) is 0 Å². The van der Waals surface area contributed by atoms with Gasteiger partial charge in [-0.1, -0.05) is 48.5 Å². The monoisotopic (exact) mass is 342 g/mol. The van der Waals surface area contributed by atoms with E-state index in [1.165, 1.54) is 0 Å². The minimum Gasteiger partial charge on any atom is -0.392 e. The zero-order valence-corrected chi connectivity index (χ0v) is 13.9. The van der Waals surface area contributed by atoms with Crippen LogP contribution in [0, 0.1) is 0 Å². The van der Waals surface area contributed by atoms with E-state index < -0.39 is 0 Å². The number of aliphatic hydroxyl groups excluding tert-OH is 2. The van der Waals surface area contributed by atoms with Gasteiger partial charge in [-0.3, -0.25) is 0 Å². The number of rotatable bonds is 8. The molecule has 0 aliphatic carbocycles. The zero-order chi connectivity index (χ0) is 17.2. The Bertz CT molecular complexity index is 628. The first-order valence-electron chi connectivity index (χ1n) is 8.56. The summed E-state index contributed by atoms with van der Waals surface area (Å²) in [5.41, 5.74) is 3.83. The van der Waals surface area contributed by atoms with Gasteiger partial charge in [0.25, 0.3) is 0 Å². The largest absolute Gasteiger partial charge is 0.392 e. The maximum atomic E-state index is 9.22. The molecule has 0 spiro atoms. The fourth-order valence-electron chi connectivity index (χ4n) is 3.01. The van der Waals surface area contributed by atoms with Crippen molar-refractivity contribution in [3.63, 3.8) is 0 Å². The molecule has 2 heterocycles. The molecule has 2 aliphatic rings. The molecule has 5 nitrogen and oxygen atoms in total. The fourth-order valence-corrected chi connectivity index (χ4v) is 3.01. The van der Waals surface area contributed by atoms with E-state index in [2.05, 4.69) is 0 Å². The second-order valence-electron chi connectivity index (χ2n) is 6.52. The first-order chi connectivity index (χ1) is 12.3. The quantitative estimate of drug-likeness (QED) is 0.720. The summed E-state index contributed by atoms with van der Waals surface area (Å²) in [6.07, 6.45) is -0.227. The number of aliphatic hydroxyl groups is 2. The van der Waals surface area contributed by atoms with Gasteiger partial charge in [-0.25, -0.2) is 0 Å². The predicted octanol–water partition coefficient (Wildman–Crippen LogP) is 2.27. The standard InChI is InChI=1S/C20H22O5/c21-9-13-1-5-15(6-2-13)19(17-11-23-17)25-20(18-12-24-18)16-7-3-14(10-22)4-8-16/h1-8,17-22H,9-12H2. The smallest absolute Gasteiger partial charge is 0.112 e. The van der Waals surface area contributed by atoms with E-state index in [0.717, 1.165) is 22.3 Å². The molecule has 2 aromatic rings. The van der Waals surface area contributed by atoms with Crippen molar-refractivity contribution in [2.45, 2.75) is 37.6 Å². The minimum atomic E-state index is -0.167. The van der Waals surface area contributed by atoms with Gasteiger partial charge in [0, 0.05) is 0 Å². The lowest BCUT2D eigenvalue weighted by Gasteiger charge is -2.24. The van der Waals surface area contributed by atoms with Gasteiger partial charge in [-0.05, 0) is 22.3 Å². The van der Waals surface area contributed by atoms with Crippen LogP contribution in [0.3, 0.4) is 0 Å². The van der Waals surface area contributed by atoms with Crippen molar-refractivity contribution < 1.29 is 24.4 Å². The van der Waals surface area contributed by atoms with Gasteiger partial charge in [0.2, 0.25) is 0 Å². The molecule has 5 heteroatoms. The van der Waals surface area contributed by atoms with Crippen LogP contribution in [0.5, 0.6) is 0 Å². The van der Waals surface area contributed by atoms with Crippen molar-refractivity contribution >= 4 is 0 Å². The molecule has 132 valence electrons. The number of benzene rings is 2. The average Bonchev–Trinajstić information content (AvgIpc) is 3.56. The lowest BCUT2D eigenvalue weighted by atomic mass is 10.0. The summed E-state index contributed by atoms with van der Waals surface area (Å²) in [7, 11) is 0. The van der Waals surface area contributed by atoms with Crippen molar-refractivity contribution in [2.24, 2.45) is 0 Å². The van der Waals surface area contributed by atoms with Crippen LogP contribution < -0.4 is 0 Å². The van der Waals surface area contributed by atoms with Crippen LogP contribution in [-0.4, -0.2) is 35.6 Å². The summed E-state index contributed by atoms with van der Waals surface area (Å²) >= 11 is 0. The van der Waals surface area contributed by atoms with Crippen molar-refractivity contribution in [3.05, 3.63) is 70.8 Å². The highest BCUT2D eigenvalue weighted by molar-refractivity contribution is 5.28.